The summed E-state index contributed by atoms with van der Waals surface area (Å²) >= 11 is 1.47. The van der Waals surface area contributed by atoms with Gasteiger partial charge < -0.3 is 19.4 Å². The molecule has 0 aliphatic carbocycles. The Bertz CT molecular complexity index is 1200. The number of furan rings is 1. The molecular weight excluding hydrogens is 426 g/mol. The molecule has 0 spiro atoms. The van der Waals surface area contributed by atoms with E-state index in [0.717, 1.165) is 47.7 Å². The second-order valence-corrected chi connectivity index (χ2v) is 8.62. The largest absolute Gasteiger partial charge is 0.494 e. The highest BCUT2D eigenvalue weighted by atomic mass is 32.1. The van der Waals surface area contributed by atoms with E-state index >= 15 is 0 Å². The SMILES string of the molecule is CCOc1ccc2nc(NC(=O)C3CCN(c4ccc(-c5ccco5)nn4)CC3)sc2c1. The van der Waals surface area contributed by atoms with E-state index in [1.54, 1.807) is 6.26 Å². The van der Waals surface area contributed by atoms with Crippen LogP contribution < -0.4 is 15.0 Å². The highest BCUT2D eigenvalue weighted by molar-refractivity contribution is 7.22. The number of nitrogens with zero attached hydrogens (tertiary/aromatic N) is 4. The number of carbonyl (C=O) groups is 1. The highest BCUT2D eigenvalue weighted by Gasteiger charge is 2.26. The van der Waals surface area contributed by atoms with Crippen molar-refractivity contribution < 1.29 is 13.9 Å². The van der Waals surface area contributed by atoms with Crippen molar-refractivity contribution in [2.75, 3.05) is 29.9 Å². The lowest BCUT2D eigenvalue weighted by atomic mass is 9.96. The topological polar surface area (TPSA) is 93.4 Å². The van der Waals surface area contributed by atoms with Crippen LogP contribution in [0.3, 0.4) is 0 Å². The molecule has 0 bridgehead atoms. The number of carbonyl (C=O) groups excluding carboxylic acids is 1. The first-order chi connectivity index (χ1) is 15.7. The third-order valence-corrected chi connectivity index (χ3v) is 6.45. The zero-order valence-corrected chi connectivity index (χ0v) is 18.5. The molecule has 8 nitrogen and oxygen atoms in total. The van der Waals surface area contributed by atoms with Gasteiger partial charge in [-0.3, -0.25) is 4.79 Å². The minimum Gasteiger partial charge on any atom is -0.494 e. The number of anilines is 2. The summed E-state index contributed by atoms with van der Waals surface area (Å²) in [4.78, 5) is 19.5. The van der Waals surface area contributed by atoms with Gasteiger partial charge in [-0.1, -0.05) is 11.3 Å². The lowest BCUT2D eigenvalue weighted by molar-refractivity contribution is -0.120. The number of fused-ring (bicyclic) bond motifs is 1. The van der Waals surface area contributed by atoms with Crippen LogP contribution in [0, 0.1) is 5.92 Å². The maximum absolute atomic E-state index is 12.8. The molecule has 1 fully saturated rings. The highest BCUT2D eigenvalue weighted by Crippen LogP contribution is 2.30. The Morgan fingerprint density at radius 1 is 1.22 bits per heavy atom. The van der Waals surface area contributed by atoms with E-state index < -0.39 is 0 Å². The minimum atomic E-state index is -0.0485. The molecule has 164 valence electrons. The molecule has 1 aromatic carbocycles. The molecule has 1 N–H and O–H groups in total. The van der Waals surface area contributed by atoms with Gasteiger partial charge in [0.25, 0.3) is 0 Å². The summed E-state index contributed by atoms with van der Waals surface area (Å²) in [6.45, 7) is 4.08. The summed E-state index contributed by atoms with van der Waals surface area (Å²) in [6, 6.07) is 13.3. The second-order valence-electron chi connectivity index (χ2n) is 7.59. The fraction of sp³-hybridized carbons (Fsp3) is 0.304. The average Bonchev–Trinajstić information content (AvgIpc) is 3.49. The smallest absolute Gasteiger partial charge is 0.229 e. The van der Waals surface area contributed by atoms with Crippen molar-refractivity contribution in [3.8, 4) is 17.2 Å². The van der Waals surface area contributed by atoms with E-state index in [9.17, 15) is 4.79 Å². The summed E-state index contributed by atoms with van der Waals surface area (Å²) < 4.78 is 11.9. The molecule has 3 aromatic heterocycles. The summed E-state index contributed by atoms with van der Waals surface area (Å²) in [7, 11) is 0. The van der Waals surface area contributed by atoms with Crippen molar-refractivity contribution in [1.29, 1.82) is 0 Å². The summed E-state index contributed by atoms with van der Waals surface area (Å²) in [5, 5.41) is 12.2. The minimum absolute atomic E-state index is 0.0213. The normalized spacial score (nSPS) is 14.6. The van der Waals surface area contributed by atoms with Crippen LogP contribution >= 0.6 is 11.3 Å². The predicted octanol–water partition coefficient (Wildman–Crippen LogP) is 4.60. The molecule has 0 unspecified atom stereocenters. The Morgan fingerprint density at radius 2 is 2.09 bits per heavy atom. The summed E-state index contributed by atoms with van der Waals surface area (Å²) in [5.41, 5.74) is 1.57. The maximum atomic E-state index is 12.8. The number of benzene rings is 1. The summed E-state index contributed by atoms with van der Waals surface area (Å²) in [6.07, 6.45) is 3.13. The Balaban J connectivity index is 1.18. The van der Waals surface area contributed by atoms with Crippen molar-refractivity contribution in [2.45, 2.75) is 19.8 Å². The van der Waals surface area contributed by atoms with Crippen LogP contribution in [0.4, 0.5) is 10.9 Å². The number of thiazole rings is 1. The van der Waals surface area contributed by atoms with Crippen LogP contribution in [0.25, 0.3) is 21.7 Å². The zero-order valence-electron chi connectivity index (χ0n) is 17.7. The molecule has 1 aliphatic rings. The first-order valence-electron chi connectivity index (χ1n) is 10.7. The van der Waals surface area contributed by atoms with Gasteiger partial charge in [0.1, 0.15) is 11.4 Å². The van der Waals surface area contributed by atoms with E-state index in [4.69, 9.17) is 9.15 Å². The fourth-order valence-corrected chi connectivity index (χ4v) is 4.74. The van der Waals surface area contributed by atoms with Gasteiger partial charge in [0.2, 0.25) is 5.91 Å². The van der Waals surface area contributed by atoms with Gasteiger partial charge in [0, 0.05) is 19.0 Å². The van der Waals surface area contributed by atoms with Crippen LogP contribution in [0.5, 0.6) is 5.75 Å². The van der Waals surface area contributed by atoms with Crippen molar-refractivity contribution >= 4 is 38.4 Å². The second kappa shape index (κ2) is 8.96. The molecule has 9 heteroatoms. The van der Waals surface area contributed by atoms with Gasteiger partial charge in [-0.15, -0.1) is 10.2 Å². The van der Waals surface area contributed by atoms with E-state index in [1.807, 2.05) is 49.4 Å². The Morgan fingerprint density at radius 3 is 2.81 bits per heavy atom. The van der Waals surface area contributed by atoms with Crippen LogP contribution in [0.1, 0.15) is 19.8 Å². The quantitative estimate of drug-likeness (QED) is 0.460. The van der Waals surface area contributed by atoms with Crippen LogP contribution in [0.2, 0.25) is 0 Å². The molecule has 1 amide bonds. The maximum Gasteiger partial charge on any atom is 0.229 e. The molecule has 0 radical (unpaired) electrons. The van der Waals surface area contributed by atoms with Gasteiger partial charge in [0.15, 0.2) is 16.7 Å². The molecular formula is C23H23N5O3S. The molecule has 1 saturated heterocycles. The molecule has 4 aromatic rings. The number of nitrogens with one attached hydrogen (secondary N) is 1. The Hall–Kier alpha value is -3.46. The van der Waals surface area contributed by atoms with Crippen LogP contribution in [-0.2, 0) is 4.79 Å². The van der Waals surface area contributed by atoms with Crippen molar-refractivity contribution in [1.82, 2.24) is 15.2 Å². The Kier molecular flexibility index (Phi) is 5.72. The first-order valence-corrected chi connectivity index (χ1v) is 11.5. The molecule has 32 heavy (non-hydrogen) atoms. The number of piperidine rings is 1. The van der Waals surface area contributed by atoms with Crippen molar-refractivity contribution in [3.63, 3.8) is 0 Å². The lowest BCUT2D eigenvalue weighted by Gasteiger charge is -2.31. The molecule has 4 heterocycles. The predicted molar refractivity (Wildman–Crippen MR) is 124 cm³/mol. The molecule has 0 atom stereocenters. The standard InChI is InChI=1S/C23H23N5O3S/c1-2-30-16-5-6-18-20(14-16)32-23(24-18)25-22(29)15-9-11-28(12-10-15)21-8-7-17(26-27-21)19-4-3-13-31-19/h3-8,13-15H,2,9-12H2,1H3,(H,24,25,29). The van der Waals surface area contributed by atoms with Gasteiger partial charge in [-0.25, -0.2) is 4.98 Å². The number of hydrogen-bond acceptors (Lipinski definition) is 8. The molecule has 1 aliphatic heterocycles. The zero-order chi connectivity index (χ0) is 21.9. The van der Waals surface area contributed by atoms with E-state index in [0.29, 0.717) is 23.2 Å². The summed E-state index contributed by atoms with van der Waals surface area (Å²) in [5.74, 6) is 2.30. The van der Waals surface area contributed by atoms with E-state index in [1.165, 1.54) is 11.3 Å². The third-order valence-electron chi connectivity index (χ3n) is 5.51. The van der Waals surface area contributed by atoms with Crippen LogP contribution in [-0.4, -0.2) is 40.8 Å². The number of aromatic nitrogens is 3. The average molecular weight is 450 g/mol. The van der Waals surface area contributed by atoms with Gasteiger partial charge >= 0.3 is 0 Å². The first kappa shape index (κ1) is 20.4. The van der Waals surface area contributed by atoms with Gasteiger partial charge in [-0.05, 0) is 62.2 Å². The number of amides is 1. The van der Waals surface area contributed by atoms with E-state index in [2.05, 4.69) is 25.4 Å². The van der Waals surface area contributed by atoms with Crippen molar-refractivity contribution in [2.24, 2.45) is 5.92 Å². The molecule has 0 saturated carbocycles. The third kappa shape index (κ3) is 4.29. The van der Waals surface area contributed by atoms with E-state index in [-0.39, 0.29) is 11.8 Å². The molecule has 5 rings (SSSR count). The fourth-order valence-electron chi connectivity index (χ4n) is 3.84. The monoisotopic (exact) mass is 449 g/mol. The Labute approximate surface area is 189 Å². The number of ether oxygens (including phenoxy) is 1. The lowest BCUT2D eigenvalue weighted by Crippen LogP contribution is -2.38. The van der Waals surface area contributed by atoms with Crippen molar-refractivity contribution in [3.05, 3.63) is 48.7 Å². The van der Waals surface area contributed by atoms with Gasteiger partial charge in [0.05, 0.1) is 23.1 Å². The number of hydrogen-bond donors (Lipinski definition) is 1. The number of rotatable bonds is 6. The van der Waals surface area contributed by atoms with Gasteiger partial charge in [-0.2, -0.15) is 0 Å². The van der Waals surface area contributed by atoms with Crippen LogP contribution in [0.15, 0.2) is 53.1 Å².